The maximum Gasteiger partial charge on any atom is 0.417 e. The summed E-state index contributed by atoms with van der Waals surface area (Å²) in [5.74, 6) is -1.54. The number of hydrogen-bond donors (Lipinski definition) is 1. The minimum absolute atomic E-state index is 0.0214. The highest BCUT2D eigenvalue weighted by atomic mass is 79.9. The quantitative estimate of drug-likeness (QED) is 0.261. The highest BCUT2D eigenvalue weighted by molar-refractivity contribution is 9.10. The molecule has 0 saturated heterocycles. The van der Waals surface area contributed by atoms with Gasteiger partial charge in [-0.3, -0.25) is 4.79 Å². The van der Waals surface area contributed by atoms with Crippen LogP contribution in [0.25, 0.3) is 22.0 Å². The zero-order valence-electron chi connectivity index (χ0n) is 18.3. The van der Waals surface area contributed by atoms with E-state index in [1.165, 1.54) is 22.8 Å². The number of aromatic hydroxyl groups is 1. The summed E-state index contributed by atoms with van der Waals surface area (Å²) in [4.78, 5) is 29.8. The first-order chi connectivity index (χ1) is 16.6. The van der Waals surface area contributed by atoms with Gasteiger partial charge >= 0.3 is 12.1 Å². The number of halogens is 4. The van der Waals surface area contributed by atoms with E-state index in [4.69, 9.17) is 0 Å². The van der Waals surface area contributed by atoms with E-state index >= 15 is 0 Å². The zero-order chi connectivity index (χ0) is 25.3. The smallest absolute Gasteiger partial charge is 0.417 e. The molecule has 0 aliphatic rings. The second-order valence-electron chi connectivity index (χ2n) is 7.65. The SMILES string of the molecule is COC(=O)c1nc(Br)c2c(cc(-c3ccccc3C(F)(F)F)c(=O)n2CCc2ccccc2)c1O. The predicted octanol–water partition coefficient (Wildman–Crippen LogP) is 5.58. The Kier molecular flexibility index (Phi) is 6.66. The van der Waals surface area contributed by atoms with E-state index in [1.54, 1.807) is 0 Å². The molecule has 10 heteroatoms. The Morgan fingerprint density at radius 3 is 2.40 bits per heavy atom. The first kappa shape index (κ1) is 24.5. The first-order valence-electron chi connectivity index (χ1n) is 10.4. The number of nitrogens with zero attached hydrogens (tertiary/aromatic N) is 2. The van der Waals surface area contributed by atoms with E-state index in [-0.39, 0.29) is 33.2 Å². The lowest BCUT2D eigenvalue weighted by atomic mass is 9.98. The van der Waals surface area contributed by atoms with Crippen molar-refractivity contribution < 1.29 is 27.8 Å². The number of esters is 1. The second kappa shape index (κ2) is 9.53. The van der Waals surface area contributed by atoms with E-state index in [9.17, 15) is 27.9 Å². The normalized spacial score (nSPS) is 11.6. The molecule has 0 spiro atoms. The fourth-order valence-corrected chi connectivity index (χ4v) is 4.50. The van der Waals surface area contributed by atoms with E-state index in [0.717, 1.165) is 24.8 Å². The molecule has 4 aromatic rings. The van der Waals surface area contributed by atoms with Gasteiger partial charge < -0.3 is 14.4 Å². The van der Waals surface area contributed by atoms with Gasteiger partial charge in [0.25, 0.3) is 5.56 Å². The van der Waals surface area contributed by atoms with Crippen LogP contribution in [0.3, 0.4) is 0 Å². The van der Waals surface area contributed by atoms with Crippen LogP contribution in [0.1, 0.15) is 21.6 Å². The third kappa shape index (κ3) is 4.66. The maximum absolute atomic E-state index is 13.8. The van der Waals surface area contributed by atoms with Gasteiger partial charge in [0, 0.05) is 17.5 Å². The van der Waals surface area contributed by atoms with Crippen LogP contribution in [0.5, 0.6) is 5.75 Å². The third-order valence-corrected chi connectivity index (χ3v) is 6.10. The van der Waals surface area contributed by atoms with E-state index in [2.05, 4.69) is 25.7 Å². The molecule has 0 saturated carbocycles. The van der Waals surface area contributed by atoms with Gasteiger partial charge in [-0.1, -0.05) is 48.5 Å². The van der Waals surface area contributed by atoms with Crippen molar-refractivity contribution in [2.24, 2.45) is 0 Å². The molecular weight excluding hydrogens is 529 g/mol. The Balaban J connectivity index is 2.05. The molecule has 0 radical (unpaired) electrons. The fourth-order valence-electron chi connectivity index (χ4n) is 3.90. The molecule has 2 heterocycles. The van der Waals surface area contributed by atoms with Crippen LogP contribution in [0.2, 0.25) is 0 Å². The van der Waals surface area contributed by atoms with Crippen molar-refractivity contribution in [2.45, 2.75) is 19.1 Å². The number of ether oxygens (including phenoxy) is 1. The lowest BCUT2D eigenvalue weighted by Gasteiger charge is -2.18. The van der Waals surface area contributed by atoms with Crippen molar-refractivity contribution in [3.8, 4) is 16.9 Å². The van der Waals surface area contributed by atoms with Crippen LogP contribution >= 0.6 is 15.9 Å². The Hall–Kier alpha value is -3.66. The molecule has 0 fully saturated rings. The minimum atomic E-state index is -4.72. The van der Waals surface area contributed by atoms with Crippen molar-refractivity contribution in [3.05, 3.63) is 92.4 Å². The molecule has 0 atom stereocenters. The number of methoxy groups -OCH3 is 1. The lowest BCUT2D eigenvalue weighted by molar-refractivity contribution is -0.137. The standard InChI is InChI=1S/C25H18BrF3N2O4/c1-35-24(34)19-21(32)17-13-16(15-9-5-6-10-18(15)25(27,28)29)23(33)31(20(17)22(26)30-19)12-11-14-7-3-2-4-8-14/h2-10,13,32H,11-12H2,1H3. The van der Waals surface area contributed by atoms with Crippen LogP contribution in [0.4, 0.5) is 13.2 Å². The third-order valence-electron chi connectivity index (χ3n) is 5.54. The average molecular weight is 547 g/mol. The highest BCUT2D eigenvalue weighted by Gasteiger charge is 2.34. The second-order valence-corrected chi connectivity index (χ2v) is 8.40. The predicted molar refractivity (Wildman–Crippen MR) is 127 cm³/mol. The molecular formula is C25H18BrF3N2O4. The number of pyridine rings is 2. The molecule has 35 heavy (non-hydrogen) atoms. The summed E-state index contributed by atoms with van der Waals surface area (Å²) in [7, 11) is 1.10. The van der Waals surface area contributed by atoms with Gasteiger partial charge in [0.05, 0.1) is 18.2 Å². The van der Waals surface area contributed by atoms with Gasteiger partial charge in [-0.25, -0.2) is 9.78 Å². The van der Waals surface area contributed by atoms with Crippen LogP contribution in [-0.2, 0) is 23.9 Å². The molecule has 1 N–H and O–H groups in total. The number of alkyl halides is 3. The molecule has 0 bridgehead atoms. The van der Waals surface area contributed by atoms with Gasteiger partial charge in [0.2, 0.25) is 0 Å². The largest absolute Gasteiger partial charge is 0.505 e. The van der Waals surface area contributed by atoms with Crippen molar-refractivity contribution in [2.75, 3.05) is 7.11 Å². The number of aromatic nitrogens is 2. The number of carbonyl (C=O) groups is 1. The first-order valence-corrected chi connectivity index (χ1v) is 11.2. The summed E-state index contributed by atoms with van der Waals surface area (Å²) in [6, 6.07) is 15.1. The van der Waals surface area contributed by atoms with Crippen molar-refractivity contribution in [3.63, 3.8) is 0 Å². The van der Waals surface area contributed by atoms with Crippen LogP contribution in [-0.4, -0.2) is 27.7 Å². The summed E-state index contributed by atoms with van der Waals surface area (Å²) in [6.45, 7) is 0.0820. The average Bonchev–Trinajstić information content (AvgIpc) is 2.84. The van der Waals surface area contributed by atoms with E-state index in [0.29, 0.717) is 6.42 Å². The molecule has 2 aromatic carbocycles. The fraction of sp³-hybridized carbons (Fsp3) is 0.160. The summed E-state index contributed by atoms with van der Waals surface area (Å²) >= 11 is 3.25. The van der Waals surface area contributed by atoms with Crippen LogP contribution in [0, 0.1) is 0 Å². The summed E-state index contributed by atoms with van der Waals surface area (Å²) in [6.07, 6.45) is -4.34. The molecule has 0 aliphatic heterocycles. The summed E-state index contributed by atoms with van der Waals surface area (Å²) < 4.78 is 47.3. The lowest BCUT2D eigenvalue weighted by Crippen LogP contribution is -2.25. The van der Waals surface area contributed by atoms with Crippen molar-refractivity contribution >= 4 is 32.8 Å². The Morgan fingerprint density at radius 1 is 1.09 bits per heavy atom. The Morgan fingerprint density at radius 2 is 1.74 bits per heavy atom. The summed E-state index contributed by atoms with van der Waals surface area (Å²) in [5, 5.41) is 10.8. The van der Waals surface area contributed by atoms with Gasteiger partial charge in [0.1, 0.15) is 4.60 Å². The van der Waals surface area contributed by atoms with Crippen LogP contribution in [0.15, 0.2) is 70.1 Å². The topological polar surface area (TPSA) is 81.4 Å². The van der Waals surface area contributed by atoms with Crippen molar-refractivity contribution in [1.82, 2.24) is 9.55 Å². The number of fused-ring (bicyclic) bond motifs is 1. The highest BCUT2D eigenvalue weighted by Crippen LogP contribution is 2.39. The molecule has 6 nitrogen and oxygen atoms in total. The number of aryl methyl sites for hydroxylation is 2. The maximum atomic E-state index is 13.8. The monoisotopic (exact) mass is 546 g/mol. The summed E-state index contributed by atoms with van der Waals surface area (Å²) in [5.41, 5.74) is -1.70. The molecule has 180 valence electrons. The zero-order valence-corrected chi connectivity index (χ0v) is 19.9. The molecule has 0 amide bonds. The number of carbonyl (C=O) groups excluding carboxylic acids is 1. The number of hydrogen-bond acceptors (Lipinski definition) is 5. The Bertz CT molecular complexity index is 1480. The minimum Gasteiger partial charge on any atom is -0.505 e. The van der Waals surface area contributed by atoms with Crippen molar-refractivity contribution in [1.29, 1.82) is 0 Å². The van der Waals surface area contributed by atoms with Gasteiger partial charge in [-0.15, -0.1) is 0 Å². The van der Waals surface area contributed by atoms with Gasteiger partial charge in [-0.2, -0.15) is 13.2 Å². The molecule has 2 aromatic heterocycles. The molecule has 4 rings (SSSR count). The van der Waals surface area contributed by atoms with Gasteiger partial charge in [0.15, 0.2) is 11.4 Å². The molecule has 0 aliphatic carbocycles. The Labute approximate surface area is 205 Å². The number of benzene rings is 2. The van der Waals surface area contributed by atoms with E-state index in [1.807, 2.05) is 30.3 Å². The van der Waals surface area contributed by atoms with E-state index < -0.39 is 34.7 Å². The van der Waals surface area contributed by atoms with Gasteiger partial charge in [-0.05, 0) is 45.6 Å². The van der Waals surface area contributed by atoms with Crippen LogP contribution < -0.4 is 5.56 Å². The molecule has 0 unspecified atom stereocenters. The number of rotatable bonds is 5.